The fraction of sp³-hybridized carbons (Fsp3) is 0.350. The van der Waals surface area contributed by atoms with Crippen molar-refractivity contribution in [3.05, 3.63) is 58.6 Å². The number of benzene rings is 2. The van der Waals surface area contributed by atoms with Gasteiger partial charge in [0, 0.05) is 24.4 Å². The van der Waals surface area contributed by atoms with E-state index in [2.05, 4.69) is 10.0 Å². The van der Waals surface area contributed by atoms with E-state index in [-0.39, 0.29) is 28.1 Å². The van der Waals surface area contributed by atoms with Gasteiger partial charge in [0.1, 0.15) is 4.90 Å². The van der Waals surface area contributed by atoms with Crippen LogP contribution in [-0.2, 0) is 21.2 Å². The van der Waals surface area contributed by atoms with Crippen molar-refractivity contribution in [2.75, 3.05) is 18.5 Å². The number of carbonyl (C=O) groups is 1. The fourth-order valence-electron chi connectivity index (χ4n) is 3.08. The predicted octanol–water partition coefficient (Wildman–Crippen LogP) is 3.61. The number of halogens is 1. The van der Waals surface area contributed by atoms with Crippen LogP contribution >= 0.6 is 11.6 Å². The van der Waals surface area contributed by atoms with E-state index in [4.69, 9.17) is 16.3 Å². The molecule has 1 unspecified atom stereocenters. The molecule has 1 aliphatic heterocycles. The highest BCUT2D eigenvalue weighted by Crippen LogP contribution is 2.24. The van der Waals surface area contributed by atoms with E-state index in [1.54, 1.807) is 0 Å². The Morgan fingerprint density at radius 1 is 1.25 bits per heavy atom. The molecule has 0 bridgehead atoms. The number of amides is 1. The lowest BCUT2D eigenvalue weighted by Crippen LogP contribution is -2.32. The highest BCUT2D eigenvalue weighted by Gasteiger charge is 2.23. The van der Waals surface area contributed by atoms with Crippen LogP contribution in [0.3, 0.4) is 0 Å². The maximum atomic E-state index is 12.7. The largest absolute Gasteiger partial charge is 0.377 e. The number of rotatable bonds is 7. The molecule has 3 rings (SSSR count). The second kappa shape index (κ2) is 9.05. The van der Waals surface area contributed by atoms with Gasteiger partial charge in [0.25, 0.3) is 5.91 Å². The third-order valence-corrected chi connectivity index (χ3v) is 6.56. The summed E-state index contributed by atoms with van der Waals surface area (Å²) in [4.78, 5) is 12.5. The average molecular weight is 423 g/mol. The summed E-state index contributed by atoms with van der Waals surface area (Å²) in [6.07, 6.45) is 2.37. The predicted molar refractivity (Wildman–Crippen MR) is 109 cm³/mol. The van der Waals surface area contributed by atoms with Crippen molar-refractivity contribution in [2.45, 2.75) is 37.2 Å². The summed E-state index contributed by atoms with van der Waals surface area (Å²) in [6, 6.07) is 11.7. The summed E-state index contributed by atoms with van der Waals surface area (Å²) in [5.74, 6) is -0.395. The van der Waals surface area contributed by atoms with Crippen LogP contribution in [0.1, 0.15) is 35.7 Å². The summed E-state index contributed by atoms with van der Waals surface area (Å²) < 4.78 is 33.3. The Labute approximate surface area is 170 Å². The number of nitrogens with one attached hydrogen (secondary N) is 2. The lowest BCUT2D eigenvalue weighted by Gasteiger charge is -2.14. The van der Waals surface area contributed by atoms with E-state index in [0.29, 0.717) is 12.3 Å². The molecule has 2 aromatic rings. The van der Waals surface area contributed by atoms with Gasteiger partial charge in [-0.1, -0.05) is 36.7 Å². The number of hydrogen-bond donors (Lipinski definition) is 2. The monoisotopic (exact) mass is 422 g/mol. The zero-order valence-corrected chi connectivity index (χ0v) is 17.1. The Hall–Kier alpha value is -1.93. The van der Waals surface area contributed by atoms with Crippen molar-refractivity contribution >= 4 is 33.2 Å². The van der Waals surface area contributed by atoms with Crippen LogP contribution in [0, 0.1) is 0 Å². The molecule has 8 heteroatoms. The number of para-hydroxylation sites is 1. The van der Waals surface area contributed by atoms with Gasteiger partial charge < -0.3 is 10.1 Å². The van der Waals surface area contributed by atoms with Gasteiger partial charge in [-0.2, -0.15) is 0 Å². The quantitative estimate of drug-likeness (QED) is 0.713. The summed E-state index contributed by atoms with van der Waals surface area (Å²) in [6.45, 7) is 2.82. The summed E-state index contributed by atoms with van der Waals surface area (Å²) in [5, 5.41) is 2.90. The molecule has 0 aliphatic carbocycles. The number of hydrogen-bond acceptors (Lipinski definition) is 4. The Morgan fingerprint density at radius 2 is 2.04 bits per heavy atom. The first-order chi connectivity index (χ1) is 13.4. The minimum atomic E-state index is -3.86. The molecule has 0 aromatic heterocycles. The van der Waals surface area contributed by atoms with Crippen molar-refractivity contribution in [3.8, 4) is 0 Å². The first-order valence-corrected chi connectivity index (χ1v) is 11.1. The van der Waals surface area contributed by atoms with Gasteiger partial charge in [0.05, 0.1) is 11.1 Å². The van der Waals surface area contributed by atoms with Gasteiger partial charge in [0.15, 0.2) is 0 Å². The Balaban J connectivity index is 1.79. The second-order valence-corrected chi connectivity index (χ2v) is 8.74. The van der Waals surface area contributed by atoms with Crippen LogP contribution < -0.4 is 10.0 Å². The summed E-state index contributed by atoms with van der Waals surface area (Å²) in [5.41, 5.74) is 1.91. The molecule has 0 radical (unpaired) electrons. The van der Waals surface area contributed by atoms with Gasteiger partial charge in [-0.25, -0.2) is 13.1 Å². The van der Waals surface area contributed by atoms with Gasteiger partial charge in [-0.15, -0.1) is 0 Å². The smallest absolute Gasteiger partial charge is 0.255 e. The standard InChI is InChI=1S/C20H23ClN2O4S/c1-2-14-6-3-4-8-18(14)23-20(24)15-9-10-17(21)19(12-15)28(25,26)22-13-16-7-5-11-27-16/h3-4,6,8-10,12,16,22H,2,5,7,11,13H2,1H3,(H,23,24). The zero-order chi connectivity index (χ0) is 20.1. The van der Waals surface area contributed by atoms with Crippen molar-refractivity contribution in [1.82, 2.24) is 4.72 Å². The van der Waals surface area contributed by atoms with E-state index in [0.717, 1.165) is 24.8 Å². The molecule has 0 saturated carbocycles. The number of ether oxygens (including phenoxy) is 1. The second-order valence-electron chi connectivity index (χ2n) is 6.60. The molecular weight excluding hydrogens is 400 g/mol. The Kier molecular flexibility index (Phi) is 6.72. The highest BCUT2D eigenvalue weighted by atomic mass is 35.5. The molecule has 6 nitrogen and oxygen atoms in total. The normalized spacial score (nSPS) is 16.9. The number of sulfonamides is 1. The van der Waals surface area contributed by atoms with Crippen LogP contribution in [0.15, 0.2) is 47.4 Å². The van der Waals surface area contributed by atoms with Gasteiger partial charge in [-0.05, 0) is 49.1 Å². The lowest BCUT2D eigenvalue weighted by molar-refractivity contribution is 0.102. The van der Waals surface area contributed by atoms with E-state index in [9.17, 15) is 13.2 Å². The van der Waals surface area contributed by atoms with E-state index < -0.39 is 15.9 Å². The fourth-order valence-corrected chi connectivity index (χ4v) is 4.67. The number of carbonyl (C=O) groups excluding carboxylic acids is 1. The minimum absolute atomic E-state index is 0.0605. The molecule has 150 valence electrons. The topological polar surface area (TPSA) is 84.5 Å². The molecule has 2 N–H and O–H groups in total. The first-order valence-electron chi connectivity index (χ1n) is 9.21. The molecule has 28 heavy (non-hydrogen) atoms. The van der Waals surface area contributed by atoms with Crippen molar-refractivity contribution < 1.29 is 17.9 Å². The SMILES string of the molecule is CCc1ccccc1NC(=O)c1ccc(Cl)c(S(=O)(=O)NCC2CCCO2)c1. The molecule has 1 saturated heterocycles. The summed E-state index contributed by atoms with van der Waals surface area (Å²) in [7, 11) is -3.86. The third kappa shape index (κ3) is 4.91. The van der Waals surface area contributed by atoms with Crippen LogP contribution in [0.5, 0.6) is 0 Å². The molecule has 1 fully saturated rings. The number of anilines is 1. The van der Waals surface area contributed by atoms with Gasteiger partial charge in [-0.3, -0.25) is 4.79 Å². The van der Waals surface area contributed by atoms with Gasteiger partial charge in [0.2, 0.25) is 10.0 Å². The lowest BCUT2D eigenvalue weighted by atomic mass is 10.1. The van der Waals surface area contributed by atoms with Gasteiger partial charge >= 0.3 is 0 Å². The van der Waals surface area contributed by atoms with Crippen LogP contribution in [0.4, 0.5) is 5.69 Å². The van der Waals surface area contributed by atoms with Crippen molar-refractivity contribution in [2.24, 2.45) is 0 Å². The van der Waals surface area contributed by atoms with E-state index in [1.807, 2.05) is 31.2 Å². The summed E-state index contributed by atoms with van der Waals surface area (Å²) >= 11 is 6.11. The number of aryl methyl sites for hydroxylation is 1. The average Bonchev–Trinajstić information content (AvgIpc) is 3.21. The molecule has 0 spiro atoms. The maximum absolute atomic E-state index is 12.7. The molecule has 1 amide bonds. The maximum Gasteiger partial charge on any atom is 0.255 e. The third-order valence-electron chi connectivity index (χ3n) is 4.65. The van der Waals surface area contributed by atoms with Crippen LogP contribution in [0.25, 0.3) is 0 Å². The van der Waals surface area contributed by atoms with Crippen molar-refractivity contribution in [3.63, 3.8) is 0 Å². The molecule has 1 atom stereocenters. The first kappa shape index (κ1) is 20.8. The molecular formula is C20H23ClN2O4S. The Morgan fingerprint density at radius 3 is 2.75 bits per heavy atom. The zero-order valence-electron chi connectivity index (χ0n) is 15.6. The van der Waals surface area contributed by atoms with Crippen molar-refractivity contribution in [1.29, 1.82) is 0 Å². The Bertz CT molecular complexity index is 956. The molecule has 2 aromatic carbocycles. The van der Waals surface area contributed by atoms with Crippen LogP contribution in [-0.4, -0.2) is 33.6 Å². The van der Waals surface area contributed by atoms with E-state index >= 15 is 0 Å². The van der Waals surface area contributed by atoms with E-state index in [1.165, 1.54) is 18.2 Å². The highest BCUT2D eigenvalue weighted by molar-refractivity contribution is 7.89. The van der Waals surface area contributed by atoms with Crippen LogP contribution in [0.2, 0.25) is 5.02 Å². The minimum Gasteiger partial charge on any atom is -0.377 e. The molecule has 1 heterocycles. The molecule has 1 aliphatic rings.